The first kappa shape index (κ1) is 29.3. The number of carbonyl (C=O) groups is 2. The molecule has 0 saturated heterocycles. The third-order valence-electron chi connectivity index (χ3n) is 5.46. The highest BCUT2D eigenvalue weighted by Crippen LogP contribution is 2.29. The highest BCUT2D eigenvalue weighted by Gasteiger charge is 2.38. The second-order valence-electron chi connectivity index (χ2n) is 8.55. The van der Waals surface area contributed by atoms with E-state index < -0.39 is 43.1 Å². The van der Waals surface area contributed by atoms with Crippen LogP contribution in [0.15, 0.2) is 42.5 Å². The normalized spacial score (nSPS) is 11.9. The van der Waals surface area contributed by atoms with Gasteiger partial charge >= 0.3 is 12.4 Å². The first-order valence-electron chi connectivity index (χ1n) is 11.4. The van der Waals surface area contributed by atoms with Gasteiger partial charge in [0.25, 0.3) is 17.6 Å². The van der Waals surface area contributed by atoms with Gasteiger partial charge in [0, 0.05) is 5.69 Å². The molecule has 0 spiro atoms. The van der Waals surface area contributed by atoms with E-state index >= 15 is 0 Å². The molecular weight excluding hydrogens is 584 g/mol. The number of halogens is 7. The second-order valence-corrected chi connectivity index (χ2v) is 8.96. The summed E-state index contributed by atoms with van der Waals surface area (Å²) in [6.45, 7) is -0.766. The van der Waals surface area contributed by atoms with Crippen molar-refractivity contribution in [1.29, 1.82) is 0 Å². The molecular formula is C23H18ClF6N9O2. The molecule has 4 rings (SSSR count). The average Bonchev–Trinajstić information content (AvgIpc) is 3.51. The third-order valence-corrected chi connectivity index (χ3v) is 5.78. The fourth-order valence-corrected chi connectivity index (χ4v) is 3.97. The lowest BCUT2D eigenvalue weighted by atomic mass is 10.1. The second kappa shape index (κ2) is 11.1. The maximum absolute atomic E-state index is 13.5. The Bertz CT molecular complexity index is 1610. The molecule has 2 heterocycles. The molecule has 2 amide bonds. The van der Waals surface area contributed by atoms with Gasteiger partial charge in [-0.3, -0.25) is 9.59 Å². The van der Waals surface area contributed by atoms with E-state index in [1.54, 1.807) is 17.4 Å². The van der Waals surface area contributed by atoms with Crippen molar-refractivity contribution in [3.05, 3.63) is 75.8 Å². The predicted molar refractivity (Wildman–Crippen MR) is 132 cm³/mol. The lowest BCUT2D eigenvalue weighted by molar-refractivity contribution is -0.147. The van der Waals surface area contributed by atoms with Gasteiger partial charge in [-0.05, 0) is 53.2 Å². The molecule has 0 unspecified atom stereocenters. The van der Waals surface area contributed by atoms with E-state index in [-0.39, 0.29) is 44.6 Å². The van der Waals surface area contributed by atoms with Gasteiger partial charge < -0.3 is 16.4 Å². The molecule has 2 aromatic carbocycles. The van der Waals surface area contributed by atoms with Crippen LogP contribution in [0.25, 0.3) is 5.69 Å². The first-order valence-corrected chi connectivity index (χ1v) is 11.8. The number of tetrazole rings is 1. The van der Waals surface area contributed by atoms with Crippen LogP contribution in [0.3, 0.4) is 0 Å². The van der Waals surface area contributed by atoms with Gasteiger partial charge in [-0.2, -0.15) is 31.4 Å². The number of hydrogen-bond acceptors (Lipinski definition) is 7. The third kappa shape index (κ3) is 6.74. The summed E-state index contributed by atoms with van der Waals surface area (Å²) in [6, 6.07) is 9.74. The number of amides is 2. The van der Waals surface area contributed by atoms with Crippen LogP contribution in [0.2, 0.25) is 5.02 Å². The van der Waals surface area contributed by atoms with Crippen LogP contribution in [0.5, 0.6) is 0 Å². The van der Waals surface area contributed by atoms with Crippen LogP contribution in [-0.2, 0) is 12.7 Å². The van der Waals surface area contributed by atoms with Crippen molar-refractivity contribution in [2.24, 2.45) is 0 Å². The number of rotatable bonds is 7. The Morgan fingerprint density at radius 3 is 2.41 bits per heavy atom. The summed E-state index contributed by atoms with van der Waals surface area (Å²) in [7, 11) is 0. The summed E-state index contributed by atoms with van der Waals surface area (Å²) in [5, 5.41) is 17.9. The molecule has 0 radical (unpaired) electrons. The minimum atomic E-state index is -4.87. The molecule has 4 N–H and O–H groups in total. The zero-order chi connectivity index (χ0) is 30.1. The summed E-state index contributed by atoms with van der Waals surface area (Å²) >= 11 is 6.28. The molecule has 0 aliphatic heterocycles. The number of nitrogens with zero attached hydrogens (tertiary/aromatic N) is 6. The number of benzene rings is 2. The van der Waals surface area contributed by atoms with E-state index in [0.717, 1.165) is 16.8 Å². The van der Waals surface area contributed by atoms with Gasteiger partial charge in [0.2, 0.25) is 0 Å². The Morgan fingerprint density at radius 2 is 1.76 bits per heavy atom. The average molecular weight is 602 g/mol. The number of aryl methyl sites for hydroxylation is 1. The predicted octanol–water partition coefficient (Wildman–Crippen LogP) is 4.01. The SMILES string of the molecule is Cc1cc(N)cc(C(=O)NCC(F)(F)F)c1NC(=O)c1cc(Cn2nnnc2C(F)(F)F)nn1-c1ccccc1Cl. The summed E-state index contributed by atoms with van der Waals surface area (Å²) in [6.07, 6.45) is -9.57. The lowest BCUT2D eigenvalue weighted by Gasteiger charge is -2.16. The van der Waals surface area contributed by atoms with Crippen molar-refractivity contribution in [3.63, 3.8) is 0 Å². The standard InChI is InChI=1S/C23H18ClF6N9O2/c1-11-6-12(31)7-14(19(40)32-10-22(25,26)27)18(11)33-20(41)17-8-13(9-38-21(23(28,29)30)34-36-37-38)35-39(17)16-5-3-2-4-15(16)24/h2-8H,9-10,31H2,1H3,(H,32,40)(H,33,41). The number of para-hydroxylation sites is 1. The number of nitrogen functional groups attached to an aromatic ring is 1. The smallest absolute Gasteiger partial charge is 0.399 e. The zero-order valence-electron chi connectivity index (χ0n) is 20.7. The van der Waals surface area contributed by atoms with Crippen molar-refractivity contribution in [3.8, 4) is 5.69 Å². The van der Waals surface area contributed by atoms with E-state index in [4.69, 9.17) is 17.3 Å². The Kier molecular flexibility index (Phi) is 7.92. The number of alkyl halides is 6. The Morgan fingerprint density at radius 1 is 1.05 bits per heavy atom. The van der Waals surface area contributed by atoms with E-state index in [0.29, 0.717) is 4.68 Å². The van der Waals surface area contributed by atoms with Gasteiger partial charge in [0.15, 0.2) is 0 Å². The van der Waals surface area contributed by atoms with E-state index in [2.05, 4.69) is 25.9 Å². The maximum atomic E-state index is 13.5. The Hall–Kier alpha value is -4.67. The molecule has 0 fully saturated rings. The zero-order valence-corrected chi connectivity index (χ0v) is 21.4. The number of nitrogens with one attached hydrogen (secondary N) is 2. The molecule has 0 atom stereocenters. The van der Waals surface area contributed by atoms with Crippen molar-refractivity contribution in [2.75, 3.05) is 17.6 Å². The largest absolute Gasteiger partial charge is 0.453 e. The number of carbonyl (C=O) groups excluding carboxylic acids is 2. The summed E-state index contributed by atoms with van der Waals surface area (Å²) < 4.78 is 79.4. The minimum absolute atomic E-state index is 0.0444. The molecule has 0 aliphatic carbocycles. The van der Waals surface area contributed by atoms with Crippen LogP contribution in [0, 0.1) is 6.92 Å². The summed E-state index contributed by atoms with van der Waals surface area (Å²) in [5.41, 5.74) is 5.40. The van der Waals surface area contributed by atoms with Crippen LogP contribution in [-0.4, -0.2) is 54.5 Å². The van der Waals surface area contributed by atoms with Crippen LogP contribution in [0.4, 0.5) is 37.7 Å². The molecule has 41 heavy (non-hydrogen) atoms. The van der Waals surface area contributed by atoms with Crippen molar-refractivity contribution >= 4 is 34.8 Å². The summed E-state index contributed by atoms with van der Waals surface area (Å²) in [5.74, 6) is -3.48. The molecule has 216 valence electrons. The van der Waals surface area contributed by atoms with Gasteiger partial charge in [0.05, 0.1) is 34.2 Å². The van der Waals surface area contributed by atoms with Crippen molar-refractivity contribution < 1.29 is 35.9 Å². The maximum Gasteiger partial charge on any atom is 0.453 e. The fraction of sp³-hybridized carbons (Fsp3) is 0.217. The topological polar surface area (TPSA) is 146 Å². The van der Waals surface area contributed by atoms with Crippen molar-refractivity contribution in [2.45, 2.75) is 25.8 Å². The first-order chi connectivity index (χ1) is 19.1. The molecule has 0 saturated carbocycles. The molecule has 0 aliphatic rings. The van der Waals surface area contributed by atoms with Crippen LogP contribution >= 0.6 is 11.6 Å². The van der Waals surface area contributed by atoms with E-state index in [1.807, 2.05) is 0 Å². The summed E-state index contributed by atoms with van der Waals surface area (Å²) in [4.78, 5) is 26.1. The van der Waals surface area contributed by atoms with Crippen LogP contribution in [0.1, 0.15) is 37.9 Å². The number of aromatic nitrogens is 6. The molecule has 18 heteroatoms. The quantitative estimate of drug-likeness (QED) is 0.214. The number of nitrogens with two attached hydrogens (primary N) is 1. The van der Waals surface area contributed by atoms with Gasteiger partial charge in [-0.25, -0.2) is 9.36 Å². The van der Waals surface area contributed by atoms with Crippen molar-refractivity contribution in [1.82, 2.24) is 35.3 Å². The monoisotopic (exact) mass is 601 g/mol. The lowest BCUT2D eigenvalue weighted by Crippen LogP contribution is -2.34. The van der Waals surface area contributed by atoms with Gasteiger partial charge in [0.1, 0.15) is 12.2 Å². The van der Waals surface area contributed by atoms with Crippen LogP contribution < -0.4 is 16.4 Å². The molecule has 11 nitrogen and oxygen atoms in total. The Labute approximate surface area is 231 Å². The highest BCUT2D eigenvalue weighted by atomic mass is 35.5. The number of hydrogen-bond donors (Lipinski definition) is 3. The molecule has 0 bridgehead atoms. The number of anilines is 2. The fourth-order valence-electron chi connectivity index (χ4n) is 3.76. The molecule has 4 aromatic rings. The van der Waals surface area contributed by atoms with Gasteiger partial charge in [-0.1, -0.05) is 23.7 Å². The minimum Gasteiger partial charge on any atom is -0.399 e. The highest BCUT2D eigenvalue weighted by molar-refractivity contribution is 6.32. The Balaban J connectivity index is 1.74. The van der Waals surface area contributed by atoms with E-state index in [9.17, 15) is 35.9 Å². The van der Waals surface area contributed by atoms with Gasteiger partial charge in [-0.15, -0.1) is 5.10 Å². The van der Waals surface area contributed by atoms with E-state index in [1.165, 1.54) is 25.1 Å². The molecule has 2 aromatic heterocycles.